The number of ether oxygens (including phenoxy) is 2. The third kappa shape index (κ3) is 6.77. The van der Waals surface area contributed by atoms with Gasteiger partial charge in [0.05, 0.1) is 13.2 Å². The molecule has 0 spiro atoms. The third-order valence-electron chi connectivity index (χ3n) is 12.7. The lowest BCUT2D eigenvalue weighted by Gasteiger charge is -2.31. The van der Waals surface area contributed by atoms with Crippen molar-refractivity contribution in [2.24, 2.45) is 0 Å². The van der Waals surface area contributed by atoms with Crippen molar-refractivity contribution in [3.05, 3.63) is 199 Å². The van der Waals surface area contributed by atoms with E-state index in [2.05, 4.69) is 159 Å². The summed E-state index contributed by atoms with van der Waals surface area (Å²) in [4.78, 5) is 0. The molecule has 0 aromatic heterocycles. The van der Waals surface area contributed by atoms with E-state index in [0.29, 0.717) is 0 Å². The van der Waals surface area contributed by atoms with Crippen molar-refractivity contribution in [1.29, 1.82) is 0 Å². The van der Waals surface area contributed by atoms with Crippen LogP contribution in [0.5, 0.6) is 11.5 Å². The highest BCUT2D eigenvalue weighted by molar-refractivity contribution is 5.98. The van der Waals surface area contributed by atoms with Gasteiger partial charge in [-0.2, -0.15) is 0 Å². The average Bonchev–Trinajstić information content (AvgIpc) is 4.08. The van der Waals surface area contributed by atoms with E-state index in [1.807, 2.05) is 0 Å². The van der Waals surface area contributed by atoms with Crippen LogP contribution in [0.4, 0.5) is 0 Å². The second kappa shape index (κ2) is 15.2. The fraction of sp³-hybridized carbons (Fsp3) is 0.200. The van der Waals surface area contributed by atoms with Crippen molar-refractivity contribution in [3.8, 4) is 11.5 Å². The number of fused-ring (bicyclic) bond motifs is 4. The second-order valence-electron chi connectivity index (χ2n) is 16.8. The van der Waals surface area contributed by atoms with Crippen LogP contribution in [-0.2, 0) is 31.1 Å². The Morgan fingerprint density at radius 3 is 0.949 bits per heavy atom. The Balaban J connectivity index is 1.18. The van der Waals surface area contributed by atoms with Gasteiger partial charge in [0.1, 0.15) is 24.7 Å². The van der Waals surface area contributed by atoms with E-state index in [9.17, 15) is 10.2 Å². The average molecular weight is 773 g/mol. The normalized spacial score (nSPS) is 14.8. The number of benzene rings is 6. The smallest absolute Gasteiger partial charge is 0.134 e. The zero-order valence-electron chi connectivity index (χ0n) is 33.7. The van der Waals surface area contributed by atoms with Gasteiger partial charge in [0.2, 0.25) is 0 Å². The number of aliphatic hydroxyl groups is 2. The SMILES string of the molecule is CC(C)(c1cc(C2=Cc3ccccc3C2)c(OCCO)c(C2=Cc3ccccc3C2)c1)c1cc(C2=Cc3ccccc3C2)c(OCCO)c(C2=Cc3ccccc3C2)c1. The highest BCUT2D eigenvalue weighted by Gasteiger charge is 2.33. The number of rotatable bonds is 12. The standard InChI is InChI=1S/C55H48O4/c1-55(2,47-31-49(43-23-35-11-3-4-12-36(35)24-43)53(58-21-19-56)50(32-47)44-25-37-13-5-6-14-38(37)26-44)48-33-51(45-27-39-15-7-8-16-40(39)28-45)54(59-22-20-57)52(34-48)46-29-41-17-9-10-18-42(41)30-46/h3-18,23,25,27,29,31-34,56-57H,19-22,24,26,28,30H2,1-2H3. The lowest BCUT2D eigenvalue weighted by atomic mass is 9.74. The van der Waals surface area contributed by atoms with Gasteiger partial charge in [-0.1, -0.05) is 135 Å². The Morgan fingerprint density at radius 2 is 0.695 bits per heavy atom. The van der Waals surface area contributed by atoms with E-state index in [4.69, 9.17) is 9.47 Å². The summed E-state index contributed by atoms with van der Waals surface area (Å²) in [7, 11) is 0. The summed E-state index contributed by atoms with van der Waals surface area (Å²) >= 11 is 0. The van der Waals surface area contributed by atoms with Crippen LogP contribution in [0, 0.1) is 0 Å². The van der Waals surface area contributed by atoms with Crippen molar-refractivity contribution in [2.45, 2.75) is 44.9 Å². The van der Waals surface area contributed by atoms with Crippen LogP contribution in [0.15, 0.2) is 121 Å². The van der Waals surface area contributed by atoms with Gasteiger partial charge in [0.25, 0.3) is 0 Å². The minimum absolute atomic E-state index is 0.0691. The zero-order chi connectivity index (χ0) is 40.1. The van der Waals surface area contributed by atoms with Gasteiger partial charge in [0.15, 0.2) is 0 Å². The molecule has 0 saturated carbocycles. The Morgan fingerprint density at radius 1 is 0.424 bits per heavy atom. The molecule has 6 aromatic rings. The maximum atomic E-state index is 10.1. The number of hydrogen-bond acceptors (Lipinski definition) is 4. The third-order valence-corrected chi connectivity index (χ3v) is 12.7. The maximum absolute atomic E-state index is 10.1. The monoisotopic (exact) mass is 772 g/mol. The molecule has 0 heterocycles. The Bertz CT molecular complexity index is 2420. The van der Waals surface area contributed by atoms with E-state index in [1.54, 1.807) is 0 Å². The van der Waals surface area contributed by atoms with Crippen molar-refractivity contribution in [2.75, 3.05) is 26.4 Å². The molecular formula is C55H48O4. The summed E-state index contributed by atoms with van der Waals surface area (Å²) < 4.78 is 13.2. The summed E-state index contributed by atoms with van der Waals surface area (Å²) in [6, 6.07) is 43.9. The summed E-state index contributed by atoms with van der Waals surface area (Å²) in [5.41, 5.74) is 21.2. The van der Waals surface area contributed by atoms with Crippen LogP contribution < -0.4 is 9.47 Å². The molecule has 0 saturated heterocycles. The highest BCUT2D eigenvalue weighted by Crippen LogP contribution is 2.49. The molecule has 0 radical (unpaired) electrons. The minimum Gasteiger partial charge on any atom is -0.490 e. The van der Waals surface area contributed by atoms with Gasteiger partial charge < -0.3 is 19.7 Å². The van der Waals surface area contributed by atoms with E-state index in [1.165, 1.54) is 77.9 Å². The summed E-state index contributed by atoms with van der Waals surface area (Å²) in [6.45, 7) is 4.96. The zero-order valence-corrected chi connectivity index (χ0v) is 33.7. The number of hydrogen-bond donors (Lipinski definition) is 2. The summed E-state index contributed by atoms with van der Waals surface area (Å²) in [6.07, 6.45) is 12.5. The van der Waals surface area contributed by atoms with Crippen LogP contribution in [0.25, 0.3) is 46.6 Å². The molecule has 292 valence electrons. The number of allylic oxidation sites excluding steroid dienone is 4. The predicted molar refractivity (Wildman–Crippen MR) is 242 cm³/mol. The molecule has 0 aliphatic heterocycles. The van der Waals surface area contributed by atoms with Gasteiger partial charge in [0, 0.05) is 27.7 Å². The van der Waals surface area contributed by atoms with E-state index < -0.39 is 5.41 Å². The van der Waals surface area contributed by atoms with Crippen molar-refractivity contribution in [1.82, 2.24) is 0 Å². The molecule has 4 aliphatic carbocycles. The van der Waals surface area contributed by atoms with Crippen LogP contribution in [-0.4, -0.2) is 36.6 Å². The Hall–Kier alpha value is -6.20. The van der Waals surface area contributed by atoms with E-state index >= 15 is 0 Å². The molecule has 2 N–H and O–H groups in total. The van der Waals surface area contributed by atoms with Crippen LogP contribution in [0.2, 0.25) is 0 Å². The van der Waals surface area contributed by atoms with Crippen LogP contribution in [0.1, 0.15) is 91.7 Å². The van der Waals surface area contributed by atoms with Crippen LogP contribution >= 0.6 is 0 Å². The van der Waals surface area contributed by atoms with E-state index in [0.717, 1.165) is 59.4 Å². The molecule has 4 aliphatic rings. The quantitative estimate of drug-likeness (QED) is 0.130. The van der Waals surface area contributed by atoms with Crippen molar-refractivity contribution < 1.29 is 19.7 Å². The fourth-order valence-corrected chi connectivity index (χ4v) is 9.52. The molecule has 0 atom stereocenters. The molecule has 0 amide bonds. The van der Waals surface area contributed by atoms with Crippen molar-refractivity contribution in [3.63, 3.8) is 0 Å². The van der Waals surface area contributed by atoms with Gasteiger partial charge >= 0.3 is 0 Å². The molecule has 0 bridgehead atoms. The van der Waals surface area contributed by atoms with E-state index in [-0.39, 0.29) is 26.4 Å². The lowest BCUT2D eigenvalue weighted by molar-refractivity contribution is 0.200. The Labute approximate surface area is 347 Å². The predicted octanol–water partition coefficient (Wildman–Crippen LogP) is 11.1. The van der Waals surface area contributed by atoms with Gasteiger partial charge in [-0.25, -0.2) is 0 Å². The largest absolute Gasteiger partial charge is 0.490 e. The molecular weight excluding hydrogens is 725 g/mol. The molecule has 59 heavy (non-hydrogen) atoms. The topological polar surface area (TPSA) is 58.9 Å². The molecule has 0 fully saturated rings. The lowest BCUT2D eigenvalue weighted by Crippen LogP contribution is -2.21. The van der Waals surface area contributed by atoms with Crippen molar-refractivity contribution >= 4 is 46.6 Å². The first kappa shape index (κ1) is 37.1. The summed E-state index contributed by atoms with van der Waals surface area (Å²) in [5, 5.41) is 20.2. The molecule has 10 rings (SSSR count). The molecule has 6 aromatic carbocycles. The first-order valence-corrected chi connectivity index (χ1v) is 20.9. The highest BCUT2D eigenvalue weighted by atomic mass is 16.5. The maximum Gasteiger partial charge on any atom is 0.134 e. The first-order chi connectivity index (χ1) is 28.9. The summed E-state index contributed by atoms with van der Waals surface area (Å²) in [5.74, 6) is 1.65. The Kier molecular flexibility index (Phi) is 9.55. The van der Waals surface area contributed by atoms with Gasteiger partial charge in [-0.05, 0) is 128 Å². The molecule has 4 heteroatoms. The first-order valence-electron chi connectivity index (χ1n) is 20.9. The second-order valence-corrected chi connectivity index (χ2v) is 16.8. The van der Waals surface area contributed by atoms with Crippen LogP contribution in [0.3, 0.4) is 0 Å². The molecule has 4 nitrogen and oxygen atoms in total. The van der Waals surface area contributed by atoms with Gasteiger partial charge in [-0.3, -0.25) is 0 Å². The number of aliphatic hydroxyl groups excluding tert-OH is 2. The minimum atomic E-state index is -0.478. The van der Waals surface area contributed by atoms with Gasteiger partial charge in [-0.15, -0.1) is 0 Å². The molecule has 0 unspecified atom stereocenters. The fourth-order valence-electron chi connectivity index (χ4n) is 9.52.